The molecule has 0 unspecified atom stereocenters. The smallest absolute Gasteiger partial charge is 0.313 e. The maximum atomic E-state index is 12.1. The summed E-state index contributed by atoms with van der Waals surface area (Å²) in [6.07, 6.45) is 1.56. The average molecular weight is 385 g/mol. The topological polar surface area (TPSA) is 79.9 Å². The van der Waals surface area contributed by atoms with Crippen LogP contribution in [0.4, 0.5) is 11.4 Å². The molecule has 2 aromatic rings. The van der Waals surface area contributed by atoms with Gasteiger partial charge in [0.2, 0.25) is 0 Å². The highest BCUT2D eigenvalue weighted by Gasteiger charge is 2.15. The number of hydrogen-bond donors (Lipinski definition) is 2. The monoisotopic (exact) mass is 385 g/mol. The zero-order chi connectivity index (χ0) is 20.5. The number of carbonyl (C=O) groups is 2. The van der Waals surface area contributed by atoms with Gasteiger partial charge in [0.1, 0.15) is 11.5 Å². The van der Waals surface area contributed by atoms with Gasteiger partial charge in [0.25, 0.3) is 0 Å². The number of methoxy groups -OCH3 is 2. The predicted octanol–water partition coefficient (Wildman–Crippen LogP) is 2.46. The fraction of sp³-hybridized carbons (Fsp3) is 0.333. The van der Waals surface area contributed by atoms with Gasteiger partial charge in [-0.15, -0.1) is 0 Å². The molecule has 0 aliphatic carbocycles. The van der Waals surface area contributed by atoms with E-state index in [2.05, 4.69) is 34.9 Å². The molecule has 0 saturated heterocycles. The second-order valence-electron chi connectivity index (χ2n) is 6.44. The minimum Gasteiger partial charge on any atom is -0.497 e. The lowest BCUT2D eigenvalue weighted by Gasteiger charge is -2.13. The number of amides is 2. The molecule has 0 aliphatic rings. The van der Waals surface area contributed by atoms with Crippen LogP contribution in [0, 0.1) is 0 Å². The lowest BCUT2D eigenvalue weighted by atomic mass is 10.1. The van der Waals surface area contributed by atoms with E-state index in [1.807, 2.05) is 19.0 Å². The van der Waals surface area contributed by atoms with Crippen molar-refractivity contribution in [3.63, 3.8) is 0 Å². The van der Waals surface area contributed by atoms with Gasteiger partial charge >= 0.3 is 11.8 Å². The number of benzene rings is 2. The number of aryl methyl sites for hydroxylation is 1. The van der Waals surface area contributed by atoms with Crippen LogP contribution in [0.15, 0.2) is 42.5 Å². The van der Waals surface area contributed by atoms with Crippen molar-refractivity contribution in [2.75, 3.05) is 45.1 Å². The highest BCUT2D eigenvalue weighted by Crippen LogP contribution is 2.28. The Balaban J connectivity index is 1.79. The van der Waals surface area contributed by atoms with Crippen LogP contribution >= 0.6 is 0 Å². The Hall–Kier alpha value is -3.22. The summed E-state index contributed by atoms with van der Waals surface area (Å²) < 4.78 is 10.3. The molecule has 2 amide bonds. The van der Waals surface area contributed by atoms with E-state index in [1.165, 1.54) is 19.8 Å². The maximum absolute atomic E-state index is 12.1. The molecule has 0 atom stereocenters. The second kappa shape index (κ2) is 10.2. The molecule has 0 spiro atoms. The van der Waals surface area contributed by atoms with Crippen LogP contribution in [0.3, 0.4) is 0 Å². The molecule has 7 heteroatoms. The number of nitrogens with one attached hydrogen (secondary N) is 2. The normalized spacial score (nSPS) is 10.1. The zero-order valence-electron chi connectivity index (χ0n) is 16.7. The van der Waals surface area contributed by atoms with Gasteiger partial charge < -0.3 is 25.0 Å². The lowest BCUT2D eigenvalue weighted by Crippen LogP contribution is -2.36. The van der Waals surface area contributed by atoms with Crippen LogP contribution in [-0.4, -0.2) is 46.7 Å². The van der Waals surface area contributed by atoms with Crippen molar-refractivity contribution < 1.29 is 19.1 Å². The largest absolute Gasteiger partial charge is 0.497 e. The standard InChI is InChI=1S/C21H27N3O4/c1-24(2)16-9-7-15(8-10-16)6-5-13-22-20(25)21(26)23-18-12-11-17(27-3)14-19(18)28-4/h7-12,14H,5-6,13H2,1-4H3,(H,22,25)(H,23,26). The van der Waals surface area contributed by atoms with Gasteiger partial charge in [0.15, 0.2) is 0 Å². The summed E-state index contributed by atoms with van der Waals surface area (Å²) in [7, 11) is 7.01. The number of nitrogens with zero attached hydrogens (tertiary/aromatic N) is 1. The molecule has 7 nitrogen and oxygen atoms in total. The first kappa shape index (κ1) is 21.1. The summed E-state index contributed by atoms with van der Waals surface area (Å²) in [5, 5.41) is 5.19. The predicted molar refractivity (Wildman–Crippen MR) is 110 cm³/mol. The molecule has 0 fully saturated rings. The summed E-state index contributed by atoms with van der Waals surface area (Å²) >= 11 is 0. The van der Waals surface area contributed by atoms with Crippen molar-refractivity contribution in [1.82, 2.24) is 5.32 Å². The van der Waals surface area contributed by atoms with Gasteiger partial charge in [-0.3, -0.25) is 9.59 Å². The molecule has 2 aromatic carbocycles. The molecule has 150 valence electrons. The third kappa shape index (κ3) is 5.90. The molecule has 0 bridgehead atoms. The number of hydrogen-bond acceptors (Lipinski definition) is 5. The van der Waals surface area contributed by atoms with Gasteiger partial charge in [-0.05, 0) is 42.7 Å². The Morgan fingerprint density at radius 2 is 1.68 bits per heavy atom. The van der Waals surface area contributed by atoms with Gasteiger partial charge in [0, 0.05) is 32.4 Å². The highest BCUT2D eigenvalue weighted by molar-refractivity contribution is 6.39. The van der Waals surface area contributed by atoms with E-state index in [1.54, 1.807) is 18.2 Å². The Morgan fingerprint density at radius 3 is 2.29 bits per heavy atom. The molecule has 2 rings (SSSR count). The minimum atomic E-state index is -0.737. The molecule has 0 radical (unpaired) electrons. The lowest BCUT2D eigenvalue weighted by molar-refractivity contribution is -0.136. The highest BCUT2D eigenvalue weighted by atomic mass is 16.5. The molecular weight excluding hydrogens is 358 g/mol. The fourth-order valence-electron chi connectivity index (χ4n) is 2.62. The van der Waals surface area contributed by atoms with Crippen LogP contribution in [0.2, 0.25) is 0 Å². The summed E-state index contributed by atoms with van der Waals surface area (Å²) in [5.41, 5.74) is 2.74. The van der Waals surface area contributed by atoms with Crippen LogP contribution in [0.1, 0.15) is 12.0 Å². The van der Waals surface area contributed by atoms with Crippen molar-refractivity contribution >= 4 is 23.2 Å². The van der Waals surface area contributed by atoms with Crippen molar-refractivity contribution in [3.8, 4) is 11.5 Å². The summed E-state index contributed by atoms with van der Waals surface area (Å²) in [4.78, 5) is 26.1. The summed E-state index contributed by atoms with van der Waals surface area (Å²) in [6.45, 7) is 0.418. The van der Waals surface area contributed by atoms with Gasteiger partial charge in [-0.25, -0.2) is 0 Å². The quantitative estimate of drug-likeness (QED) is 0.539. The van der Waals surface area contributed by atoms with E-state index >= 15 is 0 Å². The number of rotatable bonds is 8. The van der Waals surface area contributed by atoms with E-state index in [0.717, 1.165) is 18.5 Å². The first-order valence-corrected chi connectivity index (χ1v) is 9.02. The number of carbonyl (C=O) groups excluding carboxylic acids is 2. The minimum absolute atomic E-state index is 0.407. The van der Waals surface area contributed by atoms with Crippen molar-refractivity contribution in [2.24, 2.45) is 0 Å². The Bertz CT molecular complexity index is 804. The van der Waals surface area contributed by atoms with E-state index in [0.29, 0.717) is 23.7 Å². The third-order valence-corrected chi connectivity index (χ3v) is 4.24. The molecular formula is C21H27N3O4. The van der Waals surface area contributed by atoms with E-state index in [4.69, 9.17) is 9.47 Å². The van der Waals surface area contributed by atoms with Gasteiger partial charge in [0.05, 0.1) is 19.9 Å². The first-order valence-electron chi connectivity index (χ1n) is 9.02. The van der Waals surface area contributed by atoms with Crippen molar-refractivity contribution in [1.29, 1.82) is 0 Å². The average Bonchev–Trinajstić information content (AvgIpc) is 2.71. The van der Waals surface area contributed by atoms with Crippen molar-refractivity contribution in [3.05, 3.63) is 48.0 Å². The molecule has 2 N–H and O–H groups in total. The van der Waals surface area contributed by atoms with E-state index < -0.39 is 11.8 Å². The number of anilines is 2. The Morgan fingerprint density at radius 1 is 0.964 bits per heavy atom. The van der Waals surface area contributed by atoms with E-state index in [9.17, 15) is 9.59 Å². The maximum Gasteiger partial charge on any atom is 0.313 e. The van der Waals surface area contributed by atoms with Crippen molar-refractivity contribution in [2.45, 2.75) is 12.8 Å². The molecule has 0 saturated carbocycles. The van der Waals surface area contributed by atoms with Crippen LogP contribution < -0.4 is 25.0 Å². The number of ether oxygens (including phenoxy) is 2. The molecule has 0 aromatic heterocycles. The van der Waals surface area contributed by atoms with E-state index in [-0.39, 0.29) is 0 Å². The Labute approximate surface area is 165 Å². The Kier molecular flexibility index (Phi) is 7.68. The third-order valence-electron chi connectivity index (χ3n) is 4.24. The van der Waals surface area contributed by atoms with Gasteiger partial charge in [-0.2, -0.15) is 0 Å². The second-order valence-corrected chi connectivity index (χ2v) is 6.44. The van der Waals surface area contributed by atoms with Crippen LogP contribution in [0.25, 0.3) is 0 Å². The van der Waals surface area contributed by atoms with Crippen LogP contribution in [-0.2, 0) is 16.0 Å². The molecule has 0 heterocycles. The SMILES string of the molecule is COc1ccc(NC(=O)C(=O)NCCCc2ccc(N(C)C)cc2)c(OC)c1. The molecule has 0 aliphatic heterocycles. The first-order chi connectivity index (χ1) is 13.4. The summed E-state index contributed by atoms with van der Waals surface area (Å²) in [5.74, 6) is -0.404. The zero-order valence-corrected chi connectivity index (χ0v) is 16.7. The van der Waals surface area contributed by atoms with Gasteiger partial charge in [-0.1, -0.05) is 12.1 Å². The summed E-state index contributed by atoms with van der Waals surface area (Å²) in [6, 6.07) is 13.2. The molecule has 28 heavy (non-hydrogen) atoms. The van der Waals surface area contributed by atoms with Crippen LogP contribution in [0.5, 0.6) is 11.5 Å². The fourth-order valence-corrected chi connectivity index (χ4v) is 2.62.